The van der Waals surface area contributed by atoms with E-state index < -0.39 is 0 Å². The summed E-state index contributed by atoms with van der Waals surface area (Å²) in [6, 6.07) is 1.72. The van der Waals surface area contributed by atoms with Crippen molar-refractivity contribution < 1.29 is 4.79 Å². The van der Waals surface area contributed by atoms with Crippen molar-refractivity contribution in [3.63, 3.8) is 0 Å². The van der Waals surface area contributed by atoms with Crippen molar-refractivity contribution in [2.24, 2.45) is 0 Å². The van der Waals surface area contributed by atoms with Crippen molar-refractivity contribution in [1.82, 2.24) is 14.7 Å². The van der Waals surface area contributed by atoms with E-state index in [-0.39, 0.29) is 0 Å². The van der Waals surface area contributed by atoms with Crippen molar-refractivity contribution in [3.05, 3.63) is 18.0 Å². The van der Waals surface area contributed by atoms with Crippen LogP contribution < -0.4 is 0 Å². The minimum absolute atomic E-state index is 0.504. The number of carbonyl (C=O) groups excluding carboxylic acids is 1. The van der Waals surface area contributed by atoms with Gasteiger partial charge >= 0.3 is 0 Å². The summed E-state index contributed by atoms with van der Waals surface area (Å²) in [5.41, 5.74) is 0.504. The first-order valence-corrected chi connectivity index (χ1v) is 4.36. The first-order valence-electron chi connectivity index (χ1n) is 4.36. The number of carbonyl (C=O) groups is 1. The van der Waals surface area contributed by atoms with E-state index >= 15 is 0 Å². The highest BCUT2D eigenvalue weighted by Gasteiger charge is 1.96. The van der Waals surface area contributed by atoms with E-state index in [1.54, 1.807) is 10.7 Å². The van der Waals surface area contributed by atoms with Gasteiger partial charge in [0, 0.05) is 12.7 Å². The summed E-state index contributed by atoms with van der Waals surface area (Å²) in [6.07, 6.45) is 3.65. The lowest BCUT2D eigenvalue weighted by atomic mass is 10.4. The third kappa shape index (κ3) is 3.38. The van der Waals surface area contributed by atoms with Gasteiger partial charge in [-0.05, 0) is 33.1 Å². The Balaban J connectivity index is 2.32. The Bertz CT molecular complexity index is 268. The SMILES string of the molecule is CN(C)CCCn1ccc(C=O)n1. The molecule has 0 aliphatic rings. The molecule has 4 heteroatoms. The van der Waals surface area contributed by atoms with Crippen LogP contribution >= 0.6 is 0 Å². The van der Waals surface area contributed by atoms with E-state index in [4.69, 9.17) is 0 Å². The number of aryl methyl sites for hydroxylation is 1. The summed E-state index contributed by atoms with van der Waals surface area (Å²) in [7, 11) is 4.08. The molecular weight excluding hydrogens is 166 g/mol. The van der Waals surface area contributed by atoms with Gasteiger partial charge in [0.15, 0.2) is 6.29 Å². The van der Waals surface area contributed by atoms with Crippen LogP contribution in [0.15, 0.2) is 12.3 Å². The van der Waals surface area contributed by atoms with E-state index in [0.29, 0.717) is 5.69 Å². The third-order valence-electron chi connectivity index (χ3n) is 1.77. The zero-order chi connectivity index (χ0) is 9.68. The lowest BCUT2D eigenvalue weighted by molar-refractivity contribution is 0.111. The summed E-state index contributed by atoms with van der Waals surface area (Å²) in [5.74, 6) is 0. The van der Waals surface area contributed by atoms with Gasteiger partial charge in [-0.1, -0.05) is 0 Å². The van der Waals surface area contributed by atoms with Gasteiger partial charge in [0.1, 0.15) is 5.69 Å². The minimum atomic E-state index is 0.504. The topological polar surface area (TPSA) is 38.1 Å². The lowest BCUT2D eigenvalue weighted by Gasteiger charge is -2.08. The van der Waals surface area contributed by atoms with Gasteiger partial charge in [-0.2, -0.15) is 5.10 Å². The molecule has 72 valence electrons. The Hall–Kier alpha value is -1.16. The molecule has 4 nitrogen and oxygen atoms in total. The molecule has 0 amide bonds. The molecule has 0 bridgehead atoms. The predicted molar refractivity (Wildman–Crippen MR) is 50.8 cm³/mol. The molecule has 0 aliphatic heterocycles. The normalized spacial score (nSPS) is 10.7. The van der Waals surface area contributed by atoms with Crippen LogP contribution in [-0.4, -0.2) is 41.6 Å². The Morgan fingerprint density at radius 1 is 1.62 bits per heavy atom. The van der Waals surface area contributed by atoms with Crippen LogP contribution in [0.5, 0.6) is 0 Å². The second-order valence-electron chi connectivity index (χ2n) is 3.28. The van der Waals surface area contributed by atoms with Gasteiger partial charge in [-0.3, -0.25) is 9.48 Å². The third-order valence-corrected chi connectivity index (χ3v) is 1.77. The maximum absolute atomic E-state index is 10.3. The highest BCUT2D eigenvalue weighted by atomic mass is 16.1. The van der Waals surface area contributed by atoms with Crippen LogP contribution in [0.1, 0.15) is 16.9 Å². The average molecular weight is 181 g/mol. The van der Waals surface area contributed by atoms with Crippen LogP contribution in [0.4, 0.5) is 0 Å². The first kappa shape index (κ1) is 9.92. The van der Waals surface area contributed by atoms with Crippen molar-refractivity contribution in [2.75, 3.05) is 20.6 Å². The van der Waals surface area contributed by atoms with Crippen LogP contribution in [0.2, 0.25) is 0 Å². The van der Waals surface area contributed by atoms with E-state index in [2.05, 4.69) is 10.00 Å². The van der Waals surface area contributed by atoms with Gasteiger partial charge in [0.2, 0.25) is 0 Å². The van der Waals surface area contributed by atoms with E-state index in [0.717, 1.165) is 25.8 Å². The largest absolute Gasteiger partial charge is 0.309 e. The Kier molecular flexibility index (Phi) is 3.64. The molecule has 0 atom stereocenters. The number of hydrogen-bond acceptors (Lipinski definition) is 3. The molecule has 1 aromatic rings. The molecule has 13 heavy (non-hydrogen) atoms. The maximum Gasteiger partial charge on any atom is 0.170 e. The van der Waals surface area contributed by atoms with Gasteiger partial charge < -0.3 is 4.90 Å². The fourth-order valence-electron chi connectivity index (χ4n) is 1.11. The van der Waals surface area contributed by atoms with E-state index in [1.165, 1.54) is 0 Å². The second-order valence-corrected chi connectivity index (χ2v) is 3.28. The van der Waals surface area contributed by atoms with Crippen LogP contribution in [0, 0.1) is 0 Å². The molecule has 1 rings (SSSR count). The van der Waals surface area contributed by atoms with E-state index in [1.807, 2.05) is 20.3 Å². The van der Waals surface area contributed by atoms with Crippen LogP contribution in [0.25, 0.3) is 0 Å². The van der Waals surface area contributed by atoms with Crippen molar-refractivity contribution in [2.45, 2.75) is 13.0 Å². The van der Waals surface area contributed by atoms with Crippen molar-refractivity contribution >= 4 is 6.29 Å². The Morgan fingerprint density at radius 2 is 2.38 bits per heavy atom. The molecule has 1 heterocycles. The summed E-state index contributed by atoms with van der Waals surface area (Å²) in [6.45, 7) is 1.91. The fraction of sp³-hybridized carbons (Fsp3) is 0.556. The molecule has 0 fully saturated rings. The molecule has 0 aliphatic carbocycles. The van der Waals surface area contributed by atoms with Crippen LogP contribution in [-0.2, 0) is 6.54 Å². The van der Waals surface area contributed by atoms with Crippen molar-refractivity contribution in [3.8, 4) is 0 Å². The summed E-state index contributed by atoms with van der Waals surface area (Å²) >= 11 is 0. The number of nitrogens with zero attached hydrogens (tertiary/aromatic N) is 3. The fourth-order valence-corrected chi connectivity index (χ4v) is 1.11. The number of aromatic nitrogens is 2. The highest BCUT2D eigenvalue weighted by molar-refractivity contribution is 5.71. The highest BCUT2D eigenvalue weighted by Crippen LogP contribution is 1.94. The molecule has 0 saturated heterocycles. The quantitative estimate of drug-likeness (QED) is 0.626. The smallest absolute Gasteiger partial charge is 0.170 e. The van der Waals surface area contributed by atoms with E-state index in [9.17, 15) is 4.79 Å². The number of rotatable bonds is 5. The van der Waals surface area contributed by atoms with Gasteiger partial charge in [0.25, 0.3) is 0 Å². The standard InChI is InChI=1S/C9H15N3O/c1-11(2)5-3-6-12-7-4-9(8-13)10-12/h4,7-8H,3,5-6H2,1-2H3. The Morgan fingerprint density at radius 3 is 2.92 bits per heavy atom. The molecule has 0 N–H and O–H groups in total. The zero-order valence-corrected chi connectivity index (χ0v) is 8.10. The number of aldehydes is 1. The number of hydrogen-bond donors (Lipinski definition) is 0. The summed E-state index contributed by atoms with van der Waals surface area (Å²) in [4.78, 5) is 12.4. The molecule has 0 aromatic carbocycles. The monoisotopic (exact) mass is 181 g/mol. The summed E-state index contributed by atoms with van der Waals surface area (Å²) < 4.78 is 1.80. The second kappa shape index (κ2) is 4.77. The first-order chi connectivity index (χ1) is 6.22. The summed E-state index contributed by atoms with van der Waals surface area (Å²) in [5, 5.41) is 4.06. The zero-order valence-electron chi connectivity index (χ0n) is 8.10. The van der Waals surface area contributed by atoms with Crippen LogP contribution in [0.3, 0.4) is 0 Å². The van der Waals surface area contributed by atoms with Gasteiger partial charge in [0.05, 0.1) is 0 Å². The Labute approximate surface area is 78.1 Å². The average Bonchev–Trinajstić information content (AvgIpc) is 2.52. The van der Waals surface area contributed by atoms with Gasteiger partial charge in [-0.15, -0.1) is 0 Å². The minimum Gasteiger partial charge on any atom is -0.309 e. The molecule has 0 spiro atoms. The van der Waals surface area contributed by atoms with Crippen molar-refractivity contribution in [1.29, 1.82) is 0 Å². The molecule has 0 saturated carbocycles. The van der Waals surface area contributed by atoms with Gasteiger partial charge in [-0.25, -0.2) is 0 Å². The molecule has 1 aromatic heterocycles. The molecule has 0 unspecified atom stereocenters. The maximum atomic E-state index is 10.3. The predicted octanol–water partition coefficient (Wildman–Crippen LogP) is 0.647. The molecular formula is C9H15N3O. The molecule has 0 radical (unpaired) electrons. The lowest BCUT2D eigenvalue weighted by Crippen LogP contribution is -2.15.